The maximum Gasteiger partial charge on any atom is 0.0659 e. The molecule has 0 aromatic rings. The fourth-order valence-corrected chi connectivity index (χ4v) is 2.66. The normalized spacial score (nSPS) is 27.0. The molecule has 4 heterocycles. The van der Waals surface area contributed by atoms with E-state index in [0.29, 0.717) is 0 Å². The average Bonchev–Trinajstić information content (AvgIpc) is 3.31. The molecule has 4 aliphatic heterocycles. The second kappa shape index (κ2) is 6.08. The van der Waals surface area contributed by atoms with Crippen LogP contribution in [-0.2, 0) is 0 Å². The van der Waals surface area contributed by atoms with Crippen LogP contribution in [0.2, 0.25) is 0 Å². The largest absolute Gasteiger partial charge is 0.290 e. The van der Waals surface area contributed by atoms with Gasteiger partial charge in [0.1, 0.15) is 0 Å². The van der Waals surface area contributed by atoms with E-state index in [4.69, 9.17) is 0 Å². The monoisotopic (exact) mass is 300 g/mol. The summed E-state index contributed by atoms with van der Waals surface area (Å²) in [5.41, 5.74) is 5.79. The quantitative estimate of drug-likeness (QED) is 0.765. The first kappa shape index (κ1) is 13.8. The molecule has 0 N–H and O–H groups in total. The highest BCUT2D eigenvalue weighted by Gasteiger charge is 2.09. The molecule has 4 aliphatic rings. The second-order valence-electron chi connectivity index (χ2n) is 5.56. The minimum atomic E-state index is 0.908. The lowest BCUT2D eigenvalue weighted by atomic mass is 10.2. The topological polar surface area (TPSA) is 49.4 Å². The number of nitrogens with zero attached hydrogens (tertiary/aromatic N) is 4. The summed E-state index contributed by atoms with van der Waals surface area (Å²) in [6.07, 6.45) is 21.9. The van der Waals surface area contributed by atoms with Crippen molar-refractivity contribution in [2.75, 3.05) is 6.54 Å². The number of hydrogen-bond acceptors (Lipinski definition) is 4. The highest BCUT2D eigenvalue weighted by atomic mass is 14.8. The van der Waals surface area contributed by atoms with E-state index in [9.17, 15) is 0 Å². The van der Waals surface area contributed by atoms with Crippen LogP contribution in [0.5, 0.6) is 0 Å². The van der Waals surface area contributed by atoms with Gasteiger partial charge in [0.2, 0.25) is 0 Å². The molecular formula is C19H16N4. The van der Waals surface area contributed by atoms with Crippen LogP contribution in [0.3, 0.4) is 0 Å². The molecule has 0 aromatic carbocycles. The van der Waals surface area contributed by atoms with Crippen molar-refractivity contribution in [2.45, 2.75) is 12.8 Å². The molecule has 0 spiro atoms. The first-order valence-corrected chi connectivity index (χ1v) is 7.78. The fourth-order valence-electron chi connectivity index (χ4n) is 2.66. The van der Waals surface area contributed by atoms with Crippen molar-refractivity contribution in [1.29, 1.82) is 0 Å². The molecule has 4 rings (SSSR count). The third kappa shape index (κ3) is 3.31. The summed E-state index contributed by atoms with van der Waals surface area (Å²) in [4.78, 5) is 17.8. The van der Waals surface area contributed by atoms with Crippen LogP contribution in [0.25, 0.3) is 0 Å². The van der Waals surface area contributed by atoms with Gasteiger partial charge in [-0.25, -0.2) is 9.98 Å². The molecule has 112 valence electrons. The third-order valence-electron chi connectivity index (χ3n) is 3.75. The summed E-state index contributed by atoms with van der Waals surface area (Å²) in [6, 6.07) is 0. The van der Waals surface area contributed by atoms with Gasteiger partial charge in [-0.05, 0) is 67.5 Å². The van der Waals surface area contributed by atoms with Gasteiger partial charge in [-0.1, -0.05) is 0 Å². The molecule has 0 unspecified atom stereocenters. The molecule has 0 fully saturated rings. The number of hydrogen-bond donors (Lipinski definition) is 0. The van der Waals surface area contributed by atoms with Gasteiger partial charge >= 0.3 is 0 Å². The molecule has 0 aromatic heterocycles. The van der Waals surface area contributed by atoms with Crippen molar-refractivity contribution in [3.63, 3.8) is 0 Å². The van der Waals surface area contributed by atoms with E-state index >= 15 is 0 Å². The highest BCUT2D eigenvalue weighted by Crippen LogP contribution is 2.17. The molecule has 4 heteroatoms. The van der Waals surface area contributed by atoms with Crippen LogP contribution in [-0.4, -0.2) is 29.9 Å². The molecule has 0 saturated carbocycles. The first-order valence-electron chi connectivity index (χ1n) is 7.78. The summed E-state index contributed by atoms with van der Waals surface area (Å²) < 4.78 is 0. The zero-order valence-corrected chi connectivity index (χ0v) is 12.7. The predicted octanol–water partition coefficient (Wildman–Crippen LogP) is 3.54. The van der Waals surface area contributed by atoms with Gasteiger partial charge in [0.25, 0.3) is 0 Å². The maximum absolute atomic E-state index is 4.60. The van der Waals surface area contributed by atoms with Gasteiger partial charge in [0.15, 0.2) is 0 Å². The zero-order valence-electron chi connectivity index (χ0n) is 12.7. The minimum Gasteiger partial charge on any atom is -0.290 e. The average molecular weight is 300 g/mol. The Hall–Kier alpha value is -2.88. The van der Waals surface area contributed by atoms with Gasteiger partial charge in [-0.15, -0.1) is 0 Å². The number of aliphatic imine (C=N–C) groups is 4. The molecule has 4 nitrogen and oxygen atoms in total. The Morgan fingerprint density at radius 2 is 1.52 bits per heavy atom. The van der Waals surface area contributed by atoms with Crippen LogP contribution in [0.15, 0.2) is 91.7 Å². The predicted molar refractivity (Wildman–Crippen MR) is 96.6 cm³/mol. The van der Waals surface area contributed by atoms with Gasteiger partial charge in [-0.2, -0.15) is 0 Å². The van der Waals surface area contributed by atoms with Crippen LogP contribution < -0.4 is 0 Å². The maximum atomic E-state index is 4.60. The van der Waals surface area contributed by atoms with E-state index in [2.05, 4.69) is 26.0 Å². The van der Waals surface area contributed by atoms with Crippen molar-refractivity contribution in [3.05, 3.63) is 71.8 Å². The van der Waals surface area contributed by atoms with Crippen LogP contribution in [0.1, 0.15) is 12.8 Å². The molecule has 0 bridgehead atoms. The lowest BCUT2D eigenvalue weighted by Gasteiger charge is -1.92. The number of rotatable bonds is 3. The fraction of sp³-hybridized carbons (Fsp3) is 0.158. The first-order chi connectivity index (χ1) is 11.3. The lowest BCUT2D eigenvalue weighted by Crippen LogP contribution is -1.88. The Kier molecular flexibility index (Phi) is 3.64. The van der Waals surface area contributed by atoms with Crippen molar-refractivity contribution in [1.82, 2.24) is 0 Å². The van der Waals surface area contributed by atoms with Crippen LogP contribution >= 0.6 is 0 Å². The Balaban J connectivity index is 1.49. The summed E-state index contributed by atoms with van der Waals surface area (Å²) in [5.74, 6) is 0. The summed E-state index contributed by atoms with van der Waals surface area (Å²) in [6.45, 7) is 0.945. The summed E-state index contributed by atoms with van der Waals surface area (Å²) in [7, 11) is 0. The Labute approximate surface area is 135 Å². The summed E-state index contributed by atoms with van der Waals surface area (Å²) in [5, 5.41) is 0. The smallest absolute Gasteiger partial charge is 0.0659 e. The van der Waals surface area contributed by atoms with E-state index < -0.39 is 0 Å². The molecular weight excluding hydrogens is 284 g/mol. The van der Waals surface area contributed by atoms with Gasteiger partial charge in [-0.3, -0.25) is 9.98 Å². The molecule has 0 amide bonds. The van der Waals surface area contributed by atoms with E-state index in [-0.39, 0.29) is 0 Å². The molecule has 23 heavy (non-hydrogen) atoms. The second-order valence-corrected chi connectivity index (χ2v) is 5.56. The molecule has 0 saturated heterocycles. The third-order valence-corrected chi connectivity index (χ3v) is 3.75. The van der Waals surface area contributed by atoms with Crippen molar-refractivity contribution in [3.8, 4) is 0 Å². The SMILES string of the molecule is C1=CC(=CC2=NC(=CC3=NC(=CC4=NCCC4)C=C3)C=C2)N=C1. The van der Waals surface area contributed by atoms with E-state index in [1.54, 1.807) is 6.21 Å². The van der Waals surface area contributed by atoms with Crippen molar-refractivity contribution >= 4 is 23.3 Å². The van der Waals surface area contributed by atoms with E-state index in [1.165, 1.54) is 0 Å². The lowest BCUT2D eigenvalue weighted by molar-refractivity contribution is 0.951. The molecule has 0 aliphatic carbocycles. The summed E-state index contributed by atoms with van der Waals surface area (Å²) >= 11 is 0. The van der Waals surface area contributed by atoms with Gasteiger partial charge < -0.3 is 0 Å². The molecule has 0 radical (unpaired) electrons. The van der Waals surface area contributed by atoms with Crippen molar-refractivity contribution in [2.24, 2.45) is 20.0 Å². The Bertz CT molecular complexity index is 823. The number of allylic oxidation sites excluding steroid dienone is 9. The van der Waals surface area contributed by atoms with E-state index in [0.717, 1.165) is 53.6 Å². The van der Waals surface area contributed by atoms with Crippen molar-refractivity contribution < 1.29 is 0 Å². The Morgan fingerprint density at radius 3 is 2.17 bits per heavy atom. The minimum absolute atomic E-state index is 0.908. The van der Waals surface area contributed by atoms with Gasteiger partial charge in [0.05, 0.1) is 28.5 Å². The zero-order chi connectivity index (χ0) is 15.5. The van der Waals surface area contributed by atoms with Gasteiger partial charge in [0, 0.05) is 18.5 Å². The Morgan fingerprint density at radius 1 is 0.783 bits per heavy atom. The van der Waals surface area contributed by atoms with E-state index in [1.807, 2.05) is 48.6 Å². The highest BCUT2D eigenvalue weighted by molar-refractivity contribution is 6.11. The van der Waals surface area contributed by atoms with Crippen LogP contribution in [0, 0.1) is 0 Å². The standard InChI is InChI=1S/C19H16N4/c1-3-14(20-9-1)11-16-5-7-18(22-16)13-19-8-6-17(23-19)12-15-4-2-10-21-15/h1,3,5-9,11-13H,2,4,10H2. The van der Waals surface area contributed by atoms with Crippen LogP contribution in [0.4, 0.5) is 0 Å². The molecule has 0 atom stereocenters.